The van der Waals surface area contributed by atoms with E-state index < -0.39 is 0 Å². The summed E-state index contributed by atoms with van der Waals surface area (Å²) in [7, 11) is 0. The summed E-state index contributed by atoms with van der Waals surface area (Å²) in [6.45, 7) is 8.17. The van der Waals surface area contributed by atoms with E-state index in [1.165, 1.54) is 31.2 Å². The van der Waals surface area contributed by atoms with Crippen molar-refractivity contribution in [3.63, 3.8) is 0 Å². The van der Waals surface area contributed by atoms with Gasteiger partial charge in [-0.2, -0.15) is 4.98 Å². The van der Waals surface area contributed by atoms with Gasteiger partial charge in [-0.3, -0.25) is 0 Å². The summed E-state index contributed by atoms with van der Waals surface area (Å²) < 4.78 is 0. The molecule has 156 valence electrons. The molecule has 2 aliphatic rings. The van der Waals surface area contributed by atoms with Gasteiger partial charge in [0.2, 0.25) is 5.95 Å². The Morgan fingerprint density at radius 1 is 1.21 bits per heavy atom. The van der Waals surface area contributed by atoms with Gasteiger partial charge in [-0.1, -0.05) is 32.8 Å². The Bertz CT molecular complexity index is 770. The summed E-state index contributed by atoms with van der Waals surface area (Å²) in [5, 5.41) is 11.5. The van der Waals surface area contributed by atoms with Gasteiger partial charge in [0.05, 0.1) is 0 Å². The van der Waals surface area contributed by atoms with Crippen LogP contribution in [0, 0.1) is 0 Å². The van der Waals surface area contributed by atoms with Crippen molar-refractivity contribution in [2.75, 3.05) is 36.5 Å². The van der Waals surface area contributed by atoms with Crippen molar-refractivity contribution in [2.45, 2.75) is 57.9 Å². The first-order valence-corrected chi connectivity index (χ1v) is 11.1. The fourth-order valence-corrected chi connectivity index (χ4v) is 4.15. The minimum Gasteiger partial charge on any atom is -0.367 e. The number of hydrazine groups is 1. The van der Waals surface area contributed by atoms with Crippen molar-refractivity contribution >= 4 is 17.6 Å². The number of rotatable bonds is 7. The summed E-state index contributed by atoms with van der Waals surface area (Å²) in [6.07, 6.45) is 9.97. The molecule has 1 saturated carbocycles. The molecule has 0 radical (unpaired) electrons. The van der Waals surface area contributed by atoms with Gasteiger partial charge in [-0.05, 0) is 37.3 Å². The SMILES string of the molecule is CCC(C)c1cnc(N(c2ccccn2)N2CCNCC2)nc1NC1CCCC1. The van der Waals surface area contributed by atoms with Crippen molar-refractivity contribution in [1.29, 1.82) is 0 Å². The molecular formula is C22H33N7. The smallest absolute Gasteiger partial charge is 0.248 e. The van der Waals surface area contributed by atoms with Crippen LogP contribution >= 0.6 is 0 Å². The molecule has 29 heavy (non-hydrogen) atoms. The Hall–Kier alpha value is -2.25. The van der Waals surface area contributed by atoms with Crippen molar-refractivity contribution in [3.05, 3.63) is 36.2 Å². The molecular weight excluding hydrogens is 362 g/mol. The highest BCUT2D eigenvalue weighted by Gasteiger charge is 2.26. The van der Waals surface area contributed by atoms with Crippen LogP contribution in [0.25, 0.3) is 0 Å². The molecule has 2 aromatic rings. The zero-order valence-electron chi connectivity index (χ0n) is 17.6. The largest absolute Gasteiger partial charge is 0.367 e. The number of hydrogen-bond acceptors (Lipinski definition) is 7. The van der Waals surface area contributed by atoms with Gasteiger partial charge in [0.25, 0.3) is 0 Å². The summed E-state index contributed by atoms with van der Waals surface area (Å²) in [5.74, 6) is 2.97. The maximum atomic E-state index is 5.06. The number of hydrogen-bond donors (Lipinski definition) is 2. The molecule has 1 atom stereocenters. The third-order valence-electron chi connectivity index (χ3n) is 6.08. The molecule has 7 nitrogen and oxygen atoms in total. The average Bonchev–Trinajstić information content (AvgIpc) is 3.28. The van der Waals surface area contributed by atoms with Crippen molar-refractivity contribution < 1.29 is 0 Å². The van der Waals surface area contributed by atoms with Gasteiger partial charge in [-0.25, -0.2) is 20.0 Å². The highest BCUT2D eigenvalue weighted by Crippen LogP contribution is 2.31. The van der Waals surface area contributed by atoms with Gasteiger partial charge in [0.1, 0.15) is 11.6 Å². The highest BCUT2D eigenvalue weighted by molar-refractivity contribution is 5.56. The predicted molar refractivity (Wildman–Crippen MR) is 117 cm³/mol. The van der Waals surface area contributed by atoms with E-state index in [-0.39, 0.29) is 0 Å². The molecule has 1 aliphatic carbocycles. The first-order valence-electron chi connectivity index (χ1n) is 11.1. The zero-order chi connectivity index (χ0) is 20.1. The fraction of sp³-hybridized carbons (Fsp3) is 0.591. The summed E-state index contributed by atoms with van der Waals surface area (Å²) >= 11 is 0. The van der Waals surface area contributed by atoms with Crippen LogP contribution < -0.4 is 15.6 Å². The second-order valence-corrected chi connectivity index (χ2v) is 8.11. The maximum Gasteiger partial charge on any atom is 0.248 e. The topological polar surface area (TPSA) is 69.2 Å². The van der Waals surface area contributed by atoms with E-state index in [0.717, 1.165) is 44.2 Å². The van der Waals surface area contributed by atoms with Crippen molar-refractivity contribution in [1.82, 2.24) is 25.3 Å². The lowest BCUT2D eigenvalue weighted by molar-refractivity contribution is 0.239. The van der Waals surface area contributed by atoms with Crippen molar-refractivity contribution in [3.8, 4) is 0 Å². The van der Waals surface area contributed by atoms with Crippen LogP contribution in [0.5, 0.6) is 0 Å². The van der Waals surface area contributed by atoms with Gasteiger partial charge in [-0.15, -0.1) is 0 Å². The number of pyridine rings is 1. The normalized spacial score (nSPS) is 19.2. The van der Waals surface area contributed by atoms with E-state index in [1.54, 1.807) is 0 Å². The summed E-state index contributed by atoms with van der Waals surface area (Å²) in [6, 6.07) is 6.50. The molecule has 0 amide bonds. The zero-order valence-corrected chi connectivity index (χ0v) is 17.6. The molecule has 2 aromatic heterocycles. The molecule has 4 rings (SSSR count). The second kappa shape index (κ2) is 9.50. The van der Waals surface area contributed by atoms with E-state index in [2.05, 4.69) is 39.5 Å². The third-order valence-corrected chi connectivity index (χ3v) is 6.08. The van der Waals surface area contributed by atoms with Crippen LogP contribution in [0.1, 0.15) is 57.4 Å². The van der Waals surface area contributed by atoms with Crippen LogP contribution in [0.3, 0.4) is 0 Å². The fourth-order valence-electron chi connectivity index (χ4n) is 4.15. The second-order valence-electron chi connectivity index (χ2n) is 8.11. The van der Waals surface area contributed by atoms with Crippen LogP contribution in [0.15, 0.2) is 30.6 Å². The summed E-state index contributed by atoms with van der Waals surface area (Å²) in [5.41, 5.74) is 1.21. The number of piperazine rings is 1. The lowest BCUT2D eigenvalue weighted by atomic mass is 10.0. The van der Waals surface area contributed by atoms with Crippen LogP contribution in [0.2, 0.25) is 0 Å². The minimum absolute atomic E-state index is 0.426. The monoisotopic (exact) mass is 395 g/mol. The molecule has 0 aromatic carbocycles. The number of nitrogens with one attached hydrogen (secondary N) is 2. The van der Waals surface area contributed by atoms with Gasteiger partial charge in [0.15, 0.2) is 0 Å². The van der Waals surface area contributed by atoms with Crippen molar-refractivity contribution in [2.24, 2.45) is 0 Å². The molecule has 0 bridgehead atoms. The predicted octanol–water partition coefficient (Wildman–Crippen LogP) is 3.70. The molecule has 0 spiro atoms. The molecule has 2 N–H and O–H groups in total. The van der Waals surface area contributed by atoms with Gasteiger partial charge < -0.3 is 10.6 Å². The van der Waals surface area contributed by atoms with E-state index >= 15 is 0 Å². The van der Waals surface area contributed by atoms with Gasteiger partial charge in [0, 0.05) is 50.2 Å². The van der Waals surface area contributed by atoms with E-state index in [9.17, 15) is 0 Å². The first-order chi connectivity index (χ1) is 14.3. The average molecular weight is 396 g/mol. The molecule has 2 fully saturated rings. The minimum atomic E-state index is 0.426. The first kappa shape index (κ1) is 20.0. The Morgan fingerprint density at radius 2 is 2.00 bits per heavy atom. The van der Waals surface area contributed by atoms with Gasteiger partial charge >= 0.3 is 0 Å². The number of anilines is 3. The lowest BCUT2D eigenvalue weighted by Gasteiger charge is -2.37. The van der Waals surface area contributed by atoms with E-state index in [0.29, 0.717) is 17.9 Å². The van der Waals surface area contributed by atoms with E-state index in [1.807, 2.05) is 30.6 Å². The van der Waals surface area contributed by atoms with E-state index in [4.69, 9.17) is 9.97 Å². The Morgan fingerprint density at radius 3 is 2.69 bits per heavy atom. The Balaban J connectivity index is 1.71. The van der Waals surface area contributed by atoms with Crippen LogP contribution in [-0.2, 0) is 0 Å². The molecule has 1 unspecified atom stereocenters. The van der Waals surface area contributed by atoms with Crippen LogP contribution in [-0.4, -0.2) is 52.2 Å². The van der Waals surface area contributed by atoms with Crippen LogP contribution in [0.4, 0.5) is 17.6 Å². The maximum absolute atomic E-state index is 5.06. The quantitative estimate of drug-likeness (QED) is 0.741. The summed E-state index contributed by atoms with van der Waals surface area (Å²) in [4.78, 5) is 14.5. The highest BCUT2D eigenvalue weighted by atomic mass is 15.7. The number of aromatic nitrogens is 3. The Labute approximate surface area is 173 Å². The third kappa shape index (κ3) is 4.67. The molecule has 1 aliphatic heterocycles. The Kier molecular flexibility index (Phi) is 6.56. The lowest BCUT2D eigenvalue weighted by Crippen LogP contribution is -2.51. The molecule has 1 saturated heterocycles. The standard InChI is InChI=1S/C22H33N7/c1-3-17(2)19-16-25-22(27-21(19)26-18-8-4-5-9-18)29(20-10-6-7-11-24-20)28-14-12-23-13-15-28/h6-7,10-11,16-18,23H,3-5,8-9,12-15H2,1-2H3,(H,25,26,27). The molecule has 3 heterocycles. The molecule has 7 heteroatoms. The number of nitrogens with zero attached hydrogens (tertiary/aromatic N) is 5.